The molecule has 1 rings (SSSR count). The lowest BCUT2D eigenvalue weighted by Gasteiger charge is -2.13. The second-order valence-electron chi connectivity index (χ2n) is 4.52. The standard InChI is InChI=1S/C11H18N2O4S2/c1-8-4-5-10(9(2)11(8)12)13-19(16,17)7-6-18(3,14)15/h4-5,13H,6-7,12H2,1-3H3. The van der Waals surface area contributed by atoms with Gasteiger partial charge in [-0.1, -0.05) is 6.07 Å². The van der Waals surface area contributed by atoms with Crippen molar-refractivity contribution in [3.63, 3.8) is 0 Å². The molecule has 19 heavy (non-hydrogen) atoms. The number of nitrogen functional groups attached to an aromatic ring is 1. The first-order chi connectivity index (χ1) is 8.52. The van der Waals surface area contributed by atoms with Gasteiger partial charge in [0.2, 0.25) is 10.0 Å². The Balaban J connectivity index is 2.94. The van der Waals surface area contributed by atoms with E-state index in [1.807, 2.05) is 6.92 Å². The zero-order chi connectivity index (χ0) is 14.8. The smallest absolute Gasteiger partial charge is 0.233 e. The number of aryl methyl sites for hydroxylation is 1. The molecule has 0 fully saturated rings. The van der Waals surface area contributed by atoms with Crippen LogP contribution in [0.2, 0.25) is 0 Å². The van der Waals surface area contributed by atoms with Gasteiger partial charge in [0.25, 0.3) is 0 Å². The van der Waals surface area contributed by atoms with Gasteiger partial charge in [0.05, 0.1) is 17.2 Å². The van der Waals surface area contributed by atoms with Gasteiger partial charge in [0, 0.05) is 11.9 Å². The molecule has 0 aliphatic heterocycles. The molecule has 3 N–H and O–H groups in total. The van der Waals surface area contributed by atoms with Crippen molar-refractivity contribution in [2.24, 2.45) is 0 Å². The van der Waals surface area contributed by atoms with Gasteiger partial charge in [-0.2, -0.15) is 0 Å². The fraction of sp³-hybridized carbons (Fsp3) is 0.455. The number of benzene rings is 1. The highest BCUT2D eigenvalue weighted by Crippen LogP contribution is 2.25. The van der Waals surface area contributed by atoms with E-state index in [-0.39, 0.29) is 0 Å². The number of anilines is 2. The topological polar surface area (TPSA) is 106 Å². The minimum absolute atomic E-state index is 0.372. The molecule has 0 atom stereocenters. The fourth-order valence-electron chi connectivity index (χ4n) is 1.45. The summed E-state index contributed by atoms with van der Waals surface area (Å²) in [5, 5.41) is 0. The molecule has 0 spiro atoms. The minimum atomic E-state index is -3.70. The lowest BCUT2D eigenvalue weighted by atomic mass is 10.1. The van der Waals surface area contributed by atoms with Crippen molar-refractivity contribution < 1.29 is 16.8 Å². The summed E-state index contributed by atoms with van der Waals surface area (Å²) < 4.78 is 47.9. The molecule has 1 aromatic carbocycles. The van der Waals surface area contributed by atoms with Crippen LogP contribution in [0.3, 0.4) is 0 Å². The third-order valence-corrected chi connectivity index (χ3v) is 5.20. The second-order valence-corrected chi connectivity index (χ2v) is 8.62. The molecule has 0 aliphatic rings. The minimum Gasteiger partial charge on any atom is -0.398 e. The lowest BCUT2D eigenvalue weighted by Crippen LogP contribution is -2.23. The molecule has 0 radical (unpaired) electrons. The number of nitrogens with two attached hydrogens (primary N) is 1. The van der Waals surface area contributed by atoms with Crippen LogP contribution in [-0.4, -0.2) is 34.6 Å². The van der Waals surface area contributed by atoms with Crippen LogP contribution >= 0.6 is 0 Å². The summed E-state index contributed by atoms with van der Waals surface area (Å²) in [5.41, 5.74) is 8.19. The average molecular weight is 306 g/mol. The molecule has 0 aliphatic carbocycles. The van der Waals surface area contributed by atoms with Crippen LogP contribution in [0.1, 0.15) is 11.1 Å². The Morgan fingerprint density at radius 3 is 2.21 bits per heavy atom. The van der Waals surface area contributed by atoms with Gasteiger partial charge >= 0.3 is 0 Å². The number of sulfone groups is 1. The van der Waals surface area contributed by atoms with E-state index < -0.39 is 31.4 Å². The first kappa shape index (κ1) is 15.8. The van der Waals surface area contributed by atoms with Crippen LogP contribution in [0, 0.1) is 13.8 Å². The van der Waals surface area contributed by atoms with Gasteiger partial charge in [-0.05, 0) is 31.0 Å². The van der Waals surface area contributed by atoms with Crippen LogP contribution in [0.25, 0.3) is 0 Å². The van der Waals surface area contributed by atoms with Crippen molar-refractivity contribution in [1.82, 2.24) is 0 Å². The maximum Gasteiger partial charge on any atom is 0.233 e. The number of sulfonamides is 1. The summed E-state index contributed by atoms with van der Waals surface area (Å²) in [6.07, 6.45) is 0.998. The molecule has 0 amide bonds. The number of hydrogen-bond acceptors (Lipinski definition) is 5. The second kappa shape index (κ2) is 5.38. The molecule has 0 heterocycles. The highest BCUT2D eigenvalue weighted by atomic mass is 32.2. The van der Waals surface area contributed by atoms with Crippen molar-refractivity contribution in [3.8, 4) is 0 Å². The van der Waals surface area contributed by atoms with E-state index in [1.165, 1.54) is 0 Å². The van der Waals surface area contributed by atoms with Crippen LogP contribution in [0.5, 0.6) is 0 Å². The predicted molar refractivity (Wildman–Crippen MR) is 77.4 cm³/mol. The van der Waals surface area contributed by atoms with E-state index in [2.05, 4.69) is 4.72 Å². The molecule has 1 aromatic rings. The zero-order valence-corrected chi connectivity index (χ0v) is 12.7. The third-order valence-electron chi connectivity index (χ3n) is 2.72. The molecule has 0 bridgehead atoms. The molecular formula is C11H18N2O4S2. The van der Waals surface area contributed by atoms with Gasteiger partial charge in [-0.15, -0.1) is 0 Å². The van der Waals surface area contributed by atoms with E-state index in [0.29, 0.717) is 16.9 Å². The third kappa shape index (κ3) is 4.71. The average Bonchev–Trinajstić information content (AvgIpc) is 2.27. The summed E-state index contributed by atoms with van der Waals surface area (Å²) in [6.45, 7) is 3.53. The highest BCUT2D eigenvalue weighted by Gasteiger charge is 2.16. The number of hydrogen-bond donors (Lipinski definition) is 2. The maximum atomic E-state index is 11.8. The summed E-state index contributed by atoms with van der Waals surface area (Å²) in [7, 11) is -7.02. The largest absolute Gasteiger partial charge is 0.398 e. The first-order valence-corrected chi connectivity index (χ1v) is 9.27. The molecule has 6 nitrogen and oxygen atoms in total. The van der Waals surface area contributed by atoms with Crippen LogP contribution in [-0.2, 0) is 19.9 Å². The quantitative estimate of drug-likeness (QED) is 0.778. The monoisotopic (exact) mass is 306 g/mol. The maximum absolute atomic E-state index is 11.8. The first-order valence-electron chi connectivity index (χ1n) is 5.56. The Bertz CT molecular complexity index is 679. The van der Waals surface area contributed by atoms with Gasteiger partial charge in [-0.3, -0.25) is 4.72 Å². The normalized spacial score (nSPS) is 12.4. The molecule has 8 heteroatoms. The van der Waals surface area contributed by atoms with Gasteiger partial charge in [0.1, 0.15) is 9.84 Å². The van der Waals surface area contributed by atoms with Gasteiger partial charge < -0.3 is 5.73 Å². The Labute approximate surface area is 114 Å². The lowest BCUT2D eigenvalue weighted by molar-refractivity contribution is 0.593. The summed E-state index contributed by atoms with van der Waals surface area (Å²) in [5.74, 6) is -0.887. The highest BCUT2D eigenvalue weighted by molar-refractivity contribution is 7.95. The SMILES string of the molecule is Cc1ccc(NS(=O)(=O)CCS(C)(=O)=O)c(C)c1N. The Morgan fingerprint density at radius 1 is 1.11 bits per heavy atom. The van der Waals surface area contributed by atoms with Crippen molar-refractivity contribution in [2.75, 3.05) is 28.2 Å². The Hall–Kier alpha value is -1.28. The Morgan fingerprint density at radius 2 is 1.68 bits per heavy atom. The fourth-order valence-corrected chi connectivity index (χ4v) is 4.20. The summed E-state index contributed by atoms with van der Waals surface area (Å²) in [6, 6.07) is 3.32. The Kier molecular flexibility index (Phi) is 4.46. The number of rotatable bonds is 5. The summed E-state index contributed by atoms with van der Waals surface area (Å²) in [4.78, 5) is 0. The molecule has 108 valence electrons. The molecule has 0 aromatic heterocycles. The van der Waals surface area contributed by atoms with E-state index in [0.717, 1.165) is 11.8 Å². The van der Waals surface area contributed by atoms with Crippen LogP contribution in [0.15, 0.2) is 12.1 Å². The van der Waals surface area contributed by atoms with E-state index in [4.69, 9.17) is 5.73 Å². The van der Waals surface area contributed by atoms with Crippen molar-refractivity contribution >= 4 is 31.2 Å². The van der Waals surface area contributed by atoms with E-state index in [1.54, 1.807) is 19.1 Å². The molecular weight excluding hydrogens is 288 g/mol. The summed E-state index contributed by atoms with van der Waals surface area (Å²) >= 11 is 0. The van der Waals surface area contributed by atoms with E-state index >= 15 is 0 Å². The van der Waals surface area contributed by atoms with Gasteiger partial charge in [-0.25, -0.2) is 16.8 Å². The van der Waals surface area contributed by atoms with Crippen LogP contribution in [0.4, 0.5) is 11.4 Å². The number of nitrogens with one attached hydrogen (secondary N) is 1. The van der Waals surface area contributed by atoms with E-state index in [9.17, 15) is 16.8 Å². The van der Waals surface area contributed by atoms with Crippen molar-refractivity contribution in [2.45, 2.75) is 13.8 Å². The zero-order valence-electron chi connectivity index (χ0n) is 11.1. The predicted octanol–water partition coefficient (Wildman–Crippen LogP) is 0.672. The molecule has 0 saturated heterocycles. The van der Waals surface area contributed by atoms with Crippen LogP contribution < -0.4 is 10.5 Å². The molecule has 0 saturated carbocycles. The van der Waals surface area contributed by atoms with Crippen molar-refractivity contribution in [3.05, 3.63) is 23.3 Å². The van der Waals surface area contributed by atoms with Crippen molar-refractivity contribution in [1.29, 1.82) is 0 Å². The van der Waals surface area contributed by atoms with Gasteiger partial charge in [0.15, 0.2) is 0 Å². The molecule has 0 unspecified atom stereocenters.